The first-order chi connectivity index (χ1) is 8.21. The van der Waals surface area contributed by atoms with Gasteiger partial charge in [-0.25, -0.2) is 0 Å². The van der Waals surface area contributed by atoms with Crippen LogP contribution in [0.25, 0.3) is 11.0 Å². The van der Waals surface area contributed by atoms with Gasteiger partial charge in [-0.05, 0) is 19.1 Å². The Morgan fingerprint density at radius 1 is 1.41 bits per heavy atom. The Morgan fingerprint density at radius 2 is 2.18 bits per heavy atom. The molecule has 1 saturated carbocycles. The summed E-state index contributed by atoms with van der Waals surface area (Å²) in [7, 11) is 0. The van der Waals surface area contributed by atoms with Crippen LogP contribution in [0.4, 0.5) is 0 Å². The van der Waals surface area contributed by atoms with Gasteiger partial charge in [0.1, 0.15) is 16.9 Å². The van der Waals surface area contributed by atoms with E-state index in [1.165, 1.54) is 0 Å². The molecule has 1 fully saturated rings. The van der Waals surface area contributed by atoms with Crippen LogP contribution in [0, 0.1) is 0 Å². The van der Waals surface area contributed by atoms with E-state index in [4.69, 9.17) is 9.15 Å². The highest BCUT2D eigenvalue weighted by Crippen LogP contribution is 2.44. The van der Waals surface area contributed by atoms with E-state index in [0.29, 0.717) is 25.2 Å². The molecule has 1 aromatic heterocycles. The molecule has 0 amide bonds. The highest BCUT2D eigenvalue weighted by atomic mass is 16.5. The molecule has 0 spiro atoms. The molecule has 17 heavy (non-hydrogen) atoms. The Kier molecular flexibility index (Phi) is 2.45. The lowest BCUT2D eigenvalue weighted by Gasteiger charge is -2.41. The normalized spacial score (nSPS) is 28.2. The van der Waals surface area contributed by atoms with E-state index in [2.05, 4.69) is 0 Å². The summed E-state index contributed by atoms with van der Waals surface area (Å²) in [6.45, 7) is 2.67. The molecule has 1 aromatic carbocycles. The van der Waals surface area contributed by atoms with Gasteiger partial charge in [0.15, 0.2) is 0 Å². The Hall–Kier alpha value is -1.32. The van der Waals surface area contributed by atoms with Gasteiger partial charge >= 0.3 is 0 Å². The Labute approximate surface area is 100.0 Å². The number of hydrogen-bond acceptors (Lipinski definition) is 3. The number of rotatable bonds is 3. The molecule has 0 atom stereocenters. The van der Waals surface area contributed by atoms with Gasteiger partial charge in [-0.1, -0.05) is 18.2 Å². The Morgan fingerprint density at radius 3 is 2.88 bits per heavy atom. The molecule has 90 valence electrons. The molecule has 0 aliphatic heterocycles. The standard InChI is InChI=1S/C14H16O3/c1-2-16-11-8-14(15,9-11)13-7-10-5-3-4-6-12(10)17-13/h3-7,11,15H,2,8-9H2,1H3. The topological polar surface area (TPSA) is 42.6 Å². The smallest absolute Gasteiger partial charge is 0.137 e. The highest BCUT2D eigenvalue weighted by molar-refractivity contribution is 5.77. The zero-order chi connectivity index (χ0) is 11.9. The van der Waals surface area contributed by atoms with Crippen molar-refractivity contribution in [2.24, 2.45) is 0 Å². The predicted octanol–water partition coefficient (Wildman–Crippen LogP) is 2.82. The van der Waals surface area contributed by atoms with E-state index in [-0.39, 0.29) is 6.10 Å². The second-order valence-corrected chi connectivity index (χ2v) is 4.67. The summed E-state index contributed by atoms with van der Waals surface area (Å²) in [6, 6.07) is 9.74. The summed E-state index contributed by atoms with van der Waals surface area (Å²) in [5.41, 5.74) is -0.00504. The molecule has 0 unspecified atom stereocenters. The second kappa shape index (κ2) is 3.86. The lowest BCUT2D eigenvalue weighted by Crippen LogP contribution is -2.45. The van der Waals surface area contributed by atoms with Crippen LogP contribution in [-0.4, -0.2) is 17.8 Å². The van der Waals surface area contributed by atoms with Crippen LogP contribution in [0.1, 0.15) is 25.5 Å². The average Bonchev–Trinajstić information content (AvgIpc) is 2.71. The minimum absolute atomic E-state index is 0.165. The fourth-order valence-corrected chi connectivity index (χ4v) is 2.46. The van der Waals surface area contributed by atoms with Crippen molar-refractivity contribution in [3.63, 3.8) is 0 Å². The zero-order valence-electron chi connectivity index (χ0n) is 9.85. The molecule has 2 aromatic rings. The van der Waals surface area contributed by atoms with Crippen molar-refractivity contribution in [2.75, 3.05) is 6.61 Å². The lowest BCUT2D eigenvalue weighted by atomic mass is 9.75. The van der Waals surface area contributed by atoms with Crippen LogP contribution >= 0.6 is 0 Å². The number of para-hydroxylation sites is 1. The van der Waals surface area contributed by atoms with Crippen molar-refractivity contribution < 1.29 is 14.3 Å². The van der Waals surface area contributed by atoms with Gasteiger partial charge in [0, 0.05) is 24.8 Å². The van der Waals surface area contributed by atoms with Crippen LogP contribution < -0.4 is 0 Å². The van der Waals surface area contributed by atoms with Gasteiger partial charge in [0.25, 0.3) is 0 Å². The van der Waals surface area contributed by atoms with Gasteiger partial charge in [-0.2, -0.15) is 0 Å². The average molecular weight is 232 g/mol. The molecule has 1 aliphatic rings. The number of hydrogen-bond donors (Lipinski definition) is 1. The van der Waals surface area contributed by atoms with Crippen LogP contribution in [0.5, 0.6) is 0 Å². The van der Waals surface area contributed by atoms with Crippen LogP contribution in [0.3, 0.4) is 0 Å². The fourth-order valence-electron chi connectivity index (χ4n) is 2.46. The molecule has 3 nitrogen and oxygen atoms in total. The third-order valence-corrected chi connectivity index (χ3v) is 3.42. The van der Waals surface area contributed by atoms with Gasteiger partial charge < -0.3 is 14.3 Å². The first-order valence-electron chi connectivity index (χ1n) is 6.04. The van der Waals surface area contributed by atoms with E-state index in [9.17, 15) is 5.11 Å². The van der Waals surface area contributed by atoms with Crippen molar-refractivity contribution in [3.05, 3.63) is 36.1 Å². The summed E-state index contributed by atoms with van der Waals surface area (Å²) < 4.78 is 11.2. The summed E-state index contributed by atoms with van der Waals surface area (Å²) >= 11 is 0. The van der Waals surface area contributed by atoms with Gasteiger partial charge in [-0.15, -0.1) is 0 Å². The van der Waals surface area contributed by atoms with Crippen LogP contribution in [0.15, 0.2) is 34.7 Å². The minimum Gasteiger partial charge on any atom is -0.458 e. The molecule has 1 heterocycles. The Bertz CT molecular complexity index is 490. The molecule has 3 rings (SSSR count). The largest absolute Gasteiger partial charge is 0.458 e. The number of fused-ring (bicyclic) bond motifs is 1. The third-order valence-electron chi connectivity index (χ3n) is 3.42. The van der Waals surface area contributed by atoms with Gasteiger partial charge in [-0.3, -0.25) is 0 Å². The summed E-state index contributed by atoms with van der Waals surface area (Å²) in [5.74, 6) is 0.662. The quantitative estimate of drug-likeness (QED) is 0.884. The van der Waals surface area contributed by atoms with Gasteiger partial charge in [0.2, 0.25) is 0 Å². The monoisotopic (exact) mass is 232 g/mol. The van der Waals surface area contributed by atoms with Crippen molar-refractivity contribution >= 4 is 11.0 Å². The molecule has 3 heteroatoms. The van der Waals surface area contributed by atoms with E-state index in [1.807, 2.05) is 37.3 Å². The van der Waals surface area contributed by atoms with Crippen LogP contribution in [0.2, 0.25) is 0 Å². The van der Waals surface area contributed by atoms with Crippen molar-refractivity contribution in [1.82, 2.24) is 0 Å². The van der Waals surface area contributed by atoms with E-state index in [1.54, 1.807) is 0 Å². The Balaban J connectivity index is 1.85. The highest BCUT2D eigenvalue weighted by Gasteiger charge is 2.47. The maximum absolute atomic E-state index is 10.4. The molecule has 1 N–H and O–H groups in total. The molecule has 0 bridgehead atoms. The summed E-state index contributed by atoms with van der Waals surface area (Å²) in [5, 5.41) is 11.4. The lowest BCUT2D eigenvalue weighted by molar-refractivity contribution is -0.151. The molecule has 1 aliphatic carbocycles. The number of ether oxygens (including phenoxy) is 1. The maximum atomic E-state index is 10.4. The third kappa shape index (κ3) is 1.75. The van der Waals surface area contributed by atoms with Crippen LogP contribution in [-0.2, 0) is 10.3 Å². The van der Waals surface area contributed by atoms with Crippen molar-refractivity contribution in [1.29, 1.82) is 0 Å². The van der Waals surface area contributed by atoms with E-state index < -0.39 is 5.60 Å². The fraction of sp³-hybridized carbons (Fsp3) is 0.429. The zero-order valence-corrected chi connectivity index (χ0v) is 9.85. The molecular formula is C14H16O3. The first kappa shape index (κ1) is 10.8. The van der Waals surface area contributed by atoms with Gasteiger partial charge in [0.05, 0.1) is 6.10 Å². The van der Waals surface area contributed by atoms with E-state index in [0.717, 1.165) is 11.0 Å². The molecule has 0 saturated heterocycles. The van der Waals surface area contributed by atoms with Crippen molar-refractivity contribution in [3.8, 4) is 0 Å². The number of benzene rings is 1. The predicted molar refractivity (Wildman–Crippen MR) is 64.8 cm³/mol. The minimum atomic E-state index is -0.834. The van der Waals surface area contributed by atoms with Crippen molar-refractivity contribution in [2.45, 2.75) is 31.5 Å². The summed E-state index contributed by atoms with van der Waals surface area (Å²) in [6.07, 6.45) is 1.42. The SMILES string of the molecule is CCOC1CC(O)(c2cc3ccccc3o2)C1. The summed E-state index contributed by atoms with van der Waals surface area (Å²) in [4.78, 5) is 0. The molecular weight excluding hydrogens is 216 g/mol. The number of furan rings is 1. The second-order valence-electron chi connectivity index (χ2n) is 4.67. The first-order valence-corrected chi connectivity index (χ1v) is 6.04. The number of aliphatic hydroxyl groups is 1. The van der Waals surface area contributed by atoms with E-state index >= 15 is 0 Å². The molecule has 0 radical (unpaired) electrons. The maximum Gasteiger partial charge on any atom is 0.137 e.